The van der Waals surface area contributed by atoms with Crippen LogP contribution in [-0.2, 0) is 11.3 Å². The minimum Gasteiger partial charge on any atom is -0.497 e. The van der Waals surface area contributed by atoms with E-state index in [4.69, 9.17) is 9.84 Å². The summed E-state index contributed by atoms with van der Waals surface area (Å²) in [5.74, 6) is -0.510. The Morgan fingerprint density at radius 2 is 2.00 bits per heavy atom. The van der Waals surface area contributed by atoms with Gasteiger partial charge in [0.15, 0.2) is 0 Å². The molecule has 1 aliphatic heterocycles. The number of carbonyl (C=O) groups is 1. The highest BCUT2D eigenvalue weighted by Gasteiger charge is 2.33. The summed E-state index contributed by atoms with van der Waals surface area (Å²) in [6.07, 6.45) is -4.31. The lowest BCUT2D eigenvalue weighted by atomic mass is 9.96. The Morgan fingerprint density at radius 3 is 2.68 bits per heavy atom. The van der Waals surface area contributed by atoms with Crippen molar-refractivity contribution in [2.45, 2.75) is 31.7 Å². The first-order chi connectivity index (χ1) is 13.3. The number of ether oxygens (including phenoxy) is 2. The van der Waals surface area contributed by atoms with Gasteiger partial charge in [0, 0.05) is 36.7 Å². The second-order valence-corrected chi connectivity index (χ2v) is 6.59. The summed E-state index contributed by atoms with van der Waals surface area (Å²) in [5, 5.41) is 9.01. The summed E-state index contributed by atoms with van der Waals surface area (Å²) in [6, 6.07) is 11.5. The van der Waals surface area contributed by atoms with Crippen molar-refractivity contribution in [3.63, 3.8) is 0 Å². The quantitative estimate of drug-likeness (QED) is 0.745. The molecule has 1 N–H and O–H groups in total. The Balaban J connectivity index is 1.87. The summed E-state index contributed by atoms with van der Waals surface area (Å²) < 4.78 is 47.5. The van der Waals surface area contributed by atoms with E-state index in [-0.39, 0.29) is 24.6 Å². The van der Waals surface area contributed by atoms with Crippen LogP contribution in [0.1, 0.15) is 29.9 Å². The molecule has 0 radical (unpaired) electrons. The van der Waals surface area contributed by atoms with E-state index in [2.05, 4.69) is 4.74 Å². The first-order valence-corrected chi connectivity index (χ1v) is 8.75. The molecule has 1 aliphatic rings. The predicted molar refractivity (Wildman–Crippen MR) is 96.8 cm³/mol. The second-order valence-electron chi connectivity index (χ2n) is 6.59. The number of fused-ring (bicyclic) bond motifs is 1. The standard InChI is InChI=1S/C20H20F3NO4/c1-27-15-7-8-17-16(10-15)13(6-9-19(25)26)11-24(17)12-14-4-2-3-5-18(14)28-20(21,22)23/h2-5,7-8,10,13H,6,9,11-12H2,1H3,(H,25,26). The van der Waals surface area contributed by atoms with E-state index in [1.165, 1.54) is 12.1 Å². The van der Waals surface area contributed by atoms with Crippen LogP contribution < -0.4 is 14.4 Å². The molecule has 150 valence electrons. The molecule has 3 rings (SSSR count). The van der Waals surface area contributed by atoms with Gasteiger partial charge in [-0.15, -0.1) is 13.2 Å². The van der Waals surface area contributed by atoms with Crippen LogP contribution in [0, 0.1) is 0 Å². The largest absolute Gasteiger partial charge is 0.573 e. The zero-order valence-corrected chi connectivity index (χ0v) is 15.2. The third-order valence-corrected chi connectivity index (χ3v) is 4.72. The molecule has 0 saturated heterocycles. The van der Waals surface area contributed by atoms with Crippen molar-refractivity contribution in [2.75, 3.05) is 18.6 Å². The number of halogens is 3. The summed E-state index contributed by atoms with van der Waals surface area (Å²) in [7, 11) is 1.55. The third-order valence-electron chi connectivity index (χ3n) is 4.72. The number of hydrogen-bond donors (Lipinski definition) is 1. The number of carboxylic acids is 1. The zero-order valence-electron chi connectivity index (χ0n) is 15.2. The maximum atomic E-state index is 12.7. The topological polar surface area (TPSA) is 59.0 Å². The number of para-hydroxylation sites is 1. The SMILES string of the molecule is COc1ccc2c(c1)C(CCC(=O)O)CN2Cc1ccccc1OC(F)(F)F. The lowest BCUT2D eigenvalue weighted by Gasteiger charge is -2.22. The van der Waals surface area contributed by atoms with E-state index in [0.29, 0.717) is 24.3 Å². The van der Waals surface area contributed by atoms with E-state index in [1.54, 1.807) is 25.3 Å². The first kappa shape index (κ1) is 19.9. The first-order valence-electron chi connectivity index (χ1n) is 8.75. The molecule has 0 fully saturated rings. The molecule has 1 atom stereocenters. The molecule has 5 nitrogen and oxygen atoms in total. The van der Waals surface area contributed by atoms with Crippen molar-refractivity contribution in [3.05, 3.63) is 53.6 Å². The smallest absolute Gasteiger partial charge is 0.497 e. The number of rotatable bonds is 7. The molecule has 2 aromatic rings. The fraction of sp³-hybridized carbons (Fsp3) is 0.350. The van der Waals surface area contributed by atoms with Crippen LogP contribution in [0.25, 0.3) is 0 Å². The van der Waals surface area contributed by atoms with Gasteiger partial charge < -0.3 is 19.5 Å². The van der Waals surface area contributed by atoms with Crippen LogP contribution in [0.5, 0.6) is 11.5 Å². The molecular weight excluding hydrogens is 375 g/mol. The van der Waals surface area contributed by atoms with Crippen LogP contribution in [0.2, 0.25) is 0 Å². The number of carboxylic acid groups (broad SMARTS) is 1. The number of methoxy groups -OCH3 is 1. The van der Waals surface area contributed by atoms with Gasteiger partial charge in [-0.25, -0.2) is 0 Å². The average Bonchev–Trinajstić information content (AvgIpc) is 2.97. The molecule has 2 aromatic carbocycles. The van der Waals surface area contributed by atoms with Crippen molar-refractivity contribution in [1.82, 2.24) is 0 Å². The molecule has 1 unspecified atom stereocenters. The maximum Gasteiger partial charge on any atom is 0.573 e. The average molecular weight is 395 g/mol. The van der Waals surface area contributed by atoms with Gasteiger partial charge in [-0.1, -0.05) is 18.2 Å². The third kappa shape index (κ3) is 4.68. The molecule has 8 heteroatoms. The number of anilines is 1. The maximum absolute atomic E-state index is 12.7. The van der Waals surface area contributed by atoms with E-state index < -0.39 is 12.3 Å². The summed E-state index contributed by atoms with van der Waals surface area (Å²) >= 11 is 0. The minimum absolute atomic E-state index is 0.0168. The Hall–Kier alpha value is -2.90. The molecule has 0 aliphatic carbocycles. The number of alkyl halides is 3. The molecular formula is C20H20F3NO4. The van der Waals surface area contributed by atoms with Gasteiger partial charge in [0.1, 0.15) is 11.5 Å². The molecule has 0 saturated carbocycles. The van der Waals surface area contributed by atoms with Crippen LogP contribution in [0.15, 0.2) is 42.5 Å². The van der Waals surface area contributed by atoms with Gasteiger partial charge in [0.25, 0.3) is 0 Å². The summed E-state index contributed by atoms with van der Waals surface area (Å²) in [4.78, 5) is 12.9. The van der Waals surface area contributed by atoms with Gasteiger partial charge in [-0.3, -0.25) is 4.79 Å². The van der Waals surface area contributed by atoms with Crippen molar-refractivity contribution < 1.29 is 32.5 Å². The van der Waals surface area contributed by atoms with E-state index in [9.17, 15) is 18.0 Å². The summed E-state index contributed by atoms with van der Waals surface area (Å²) in [5.41, 5.74) is 2.20. The van der Waals surface area contributed by atoms with Crippen molar-refractivity contribution in [1.29, 1.82) is 0 Å². The Bertz CT molecular complexity index is 854. The van der Waals surface area contributed by atoms with Crippen LogP contribution in [-0.4, -0.2) is 31.1 Å². The van der Waals surface area contributed by atoms with Gasteiger partial charge in [-0.05, 0) is 36.2 Å². The molecule has 28 heavy (non-hydrogen) atoms. The van der Waals surface area contributed by atoms with E-state index >= 15 is 0 Å². The number of benzene rings is 2. The Kier molecular flexibility index (Phi) is 5.67. The van der Waals surface area contributed by atoms with Crippen molar-refractivity contribution in [2.24, 2.45) is 0 Å². The van der Waals surface area contributed by atoms with Crippen molar-refractivity contribution >= 4 is 11.7 Å². The Morgan fingerprint density at radius 1 is 1.25 bits per heavy atom. The lowest BCUT2D eigenvalue weighted by Crippen LogP contribution is -2.23. The van der Waals surface area contributed by atoms with Crippen LogP contribution >= 0.6 is 0 Å². The number of nitrogens with zero attached hydrogens (tertiary/aromatic N) is 1. The number of hydrogen-bond acceptors (Lipinski definition) is 4. The van der Waals surface area contributed by atoms with Gasteiger partial charge in [0.2, 0.25) is 0 Å². The highest BCUT2D eigenvalue weighted by atomic mass is 19.4. The molecule has 0 aromatic heterocycles. The summed E-state index contributed by atoms with van der Waals surface area (Å²) in [6.45, 7) is 0.727. The molecule has 0 amide bonds. The monoisotopic (exact) mass is 395 g/mol. The predicted octanol–water partition coefficient (Wildman–Crippen LogP) is 4.56. The zero-order chi connectivity index (χ0) is 20.3. The van der Waals surface area contributed by atoms with E-state index in [1.807, 2.05) is 17.0 Å². The van der Waals surface area contributed by atoms with Gasteiger partial charge in [-0.2, -0.15) is 0 Å². The number of aliphatic carboxylic acids is 1. The van der Waals surface area contributed by atoms with E-state index in [0.717, 1.165) is 11.3 Å². The highest BCUT2D eigenvalue weighted by molar-refractivity contribution is 5.68. The molecule has 0 spiro atoms. The highest BCUT2D eigenvalue weighted by Crippen LogP contribution is 2.42. The second kappa shape index (κ2) is 8.00. The van der Waals surface area contributed by atoms with Gasteiger partial charge >= 0.3 is 12.3 Å². The molecule has 1 heterocycles. The Labute approximate surface area is 160 Å². The molecule has 0 bridgehead atoms. The van der Waals surface area contributed by atoms with Crippen LogP contribution in [0.4, 0.5) is 18.9 Å². The lowest BCUT2D eigenvalue weighted by molar-refractivity contribution is -0.274. The fourth-order valence-electron chi connectivity index (χ4n) is 3.50. The van der Waals surface area contributed by atoms with Crippen LogP contribution in [0.3, 0.4) is 0 Å². The minimum atomic E-state index is -4.77. The van der Waals surface area contributed by atoms with Gasteiger partial charge in [0.05, 0.1) is 7.11 Å². The normalized spacial score (nSPS) is 16.0. The fourth-order valence-corrected chi connectivity index (χ4v) is 3.50. The van der Waals surface area contributed by atoms with Crippen molar-refractivity contribution in [3.8, 4) is 11.5 Å².